The second-order valence-corrected chi connectivity index (χ2v) is 5.23. The summed E-state index contributed by atoms with van der Waals surface area (Å²) in [6.07, 6.45) is 0. The van der Waals surface area contributed by atoms with E-state index < -0.39 is 0 Å². The first-order valence-corrected chi connectivity index (χ1v) is 7.20. The van der Waals surface area contributed by atoms with Crippen LogP contribution in [0.5, 0.6) is 5.75 Å². The van der Waals surface area contributed by atoms with Crippen molar-refractivity contribution in [2.75, 3.05) is 11.9 Å². The van der Waals surface area contributed by atoms with Crippen LogP contribution in [0.15, 0.2) is 46.9 Å². The van der Waals surface area contributed by atoms with E-state index in [1.54, 1.807) is 0 Å². The lowest BCUT2D eigenvalue weighted by Gasteiger charge is -2.08. The zero-order valence-corrected chi connectivity index (χ0v) is 13.0. The quantitative estimate of drug-likeness (QED) is 0.899. The minimum atomic E-state index is -0.130. The van der Waals surface area contributed by atoms with E-state index in [1.165, 1.54) is 0 Å². The normalized spacial score (nSPS) is 10.2. The molecule has 104 valence electrons. The number of carbonyl (C=O) groups excluding carboxylic acids is 1. The molecular formula is C16H16BrNO2. The van der Waals surface area contributed by atoms with E-state index >= 15 is 0 Å². The number of nitrogens with one attached hydrogen (secondary N) is 1. The zero-order chi connectivity index (χ0) is 14.5. The molecule has 2 aromatic rings. The molecule has 0 bridgehead atoms. The number of carbonyl (C=O) groups is 1. The van der Waals surface area contributed by atoms with E-state index in [1.807, 2.05) is 56.3 Å². The largest absolute Gasteiger partial charge is 0.494 e. The van der Waals surface area contributed by atoms with Crippen LogP contribution in [-0.2, 0) is 0 Å². The number of hydrogen-bond acceptors (Lipinski definition) is 2. The van der Waals surface area contributed by atoms with Gasteiger partial charge in [0.15, 0.2) is 0 Å². The molecule has 0 unspecified atom stereocenters. The summed E-state index contributed by atoms with van der Waals surface area (Å²) < 4.78 is 6.29. The second kappa shape index (κ2) is 6.57. The van der Waals surface area contributed by atoms with Crippen molar-refractivity contribution >= 4 is 27.5 Å². The third-order valence-electron chi connectivity index (χ3n) is 2.86. The van der Waals surface area contributed by atoms with Crippen molar-refractivity contribution in [3.8, 4) is 5.75 Å². The highest BCUT2D eigenvalue weighted by Gasteiger charge is 2.07. The molecule has 0 aliphatic rings. The topological polar surface area (TPSA) is 38.3 Å². The summed E-state index contributed by atoms with van der Waals surface area (Å²) in [5.74, 6) is 0.665. The molecule has 0 heterocycles. The van der Waals surface area contributed by atoms with Gasteiger partial charge in [-0.1, -0.05) is 22.0 Å². The Morgan fingerprint density at radius 2 is 1.90 bits per heavy atom. The molecule has 2 aromatic carbocycles. The molecule has 1 N–H and O–H groups in total. The summed E-state index contributed by atoms with van der Waals surface area (Å²) in [4.78, 5) is 12.1. The number of amides is 1. The van der Waals surface area contributed by atoms with Crippen LogP contribution in [0.3, 0.4) is 0 Å². The lowest BCUT2D eigenvalue weighted by molar-refractivity contribution is 0.102. The molecule has 0 aliphatic heterocycles. The highest BCUT2D eigenvalue weighted by molar-refractivity contribution is 9.10. The van der Waals surface area contributed by atoms with E-state index in [-0.39, 0.29) is 5.91 Å². The van der Waals surface area contributed by atoms with Crippen molar-refractivity contribution in [3.63, 3.8) is 0 Å². The fourth-order valence-corrected chi connectivity index (χ4v) is 2.12. The van der Waals surface area contributed by atoms with Gasteiger partial charge in [0.25, 0.3) is 5.91 Å². The lowest BCUT2D eigenvalue weighted by Crippen LogP contribution is -2.11. The van der Waals surface area contributed by atoms with Crippen LogP contribution in [-0.4, -0.2) is 12.5 Å². The summed E-state index contributed by atoms with van der Waals surface area (Å²) in [6.45, 7) is 4.55. The molecule has 0 spiro atoms. The maximum absolute atomic E-state index is 12.1. The molecule has 0 saturated heterocycles. The summed E-state index contributed by atoms with van der Waals surface area (Å²) >= 11 is 3.43. The van der Waals surface area contributed by atoms with Gasteiger partial charge < -0.3 is 10.1 Å². The molecule has 0 radical (unpaired) electrons. The summed E-state index contributed by atoms with van der Waals surface area (Å²) in [6, 6.07) is 12.9. The number of ether oxygens (including phenoxy) is 1. The van der Waals surface area contributed by atoms with E-state index in [9.17, 15) is 4.79 Å². The molecule has 0 aromatic heterocycles. The number of aryl methyl sites for hydroxylation is 1. The molecular weight excluding hydrogens is 318 g/mol. The van der Waals surface area contributed by atoms with Crippen molar-refractivity contribution < 1.29 is 9.53 Å². The molecule has 20 heavy (non-hydrogen) atoms. The van der Waals surface area contributed by atoms with Crippen LogP contribution in [0.4, 0.5) is 5.69 Å². The second-order valence-electron chi connectivity index (χ2n) is 4.38. The Bertz CT molecular complexity index is 608. The Hall–Kier alpha value is -1.81. The van der Waals surface area contributed by atoms with Crippen molar-refractivity contribution in [2.45, 2.75) is 13.8 Å². The number of rotatable bonds is 4. The number of benzene rings is 2. The predicted molar refractivity (Wildman–Crippen MR) is 84.4 cm³/mol. The lowest BCUT2D eigenvalue weighted by atomic mass is 10.1. The number of halogens is 1. The highest BCUT2D eigenvalue weighted by atomic mass is 79.9. The van der Waals surface area contributed by atoms with Crippen LogP contribution in [0, 0.1) is 6.92 Å². The Labute approximate surface area is 127 Å². The summed E-state index contributed by atoms with van der Waals surface area (Å²) in [7, 11) is 0. The SMILES string of the molecule is CCOc1ccc(NC(=O)c2ccc(C)c(Br)c2)cc1. The third kappa shape index (κ3) is 3.61. The van der Waals surface area contributed by atoms with Gasteiger partial charge in [-0.25, -0.2) is 0 Å². The Kier molecular flexibility index (Phi) is 4.79. The van der Waals surface area contributed by atoms with Gasteiger partial charge in [-0.2, -0.15) is 0 Å². The van der Waals surface area contributed by atoms with Gasteiger partial charge in [-0.15, -0.1) is 0 Å². The Morgan fingerprint density at radius 1 is 1.20 bits per heavy atom. The molecule has 3 nitrogen and oxygen atoms in total. The first kappa shape index (κ1) is 14.6. The van der Waals surface area contributed by atoms with Crippen LogP contribution >= 0.6 is 15.9 Å². The molecule has 1 amide bonds. The molecule has 0 fully saturated rings. The average molecular weight is 334 g/mol. The molecule has 0 saturated carbocycles. The number of anilines is 1. The van der Waals surface area contributed by atoms with Gasteiger partial charge in [0.05, 0.1) is 6.61 Å². The van der Waals surface area contributed by atoms with Crippen LogP contribution in [0.2, 0.25) is 0 Å². The van der Waals surface area contributed by atoms with Crippen molar-refractivity contribution in [1.82, 2.24) is 0 Å². The monoisotopic (exact) mass is 333 g/mol. The van der Waals surface area contributed by atoms with Gasteiger partial charge in [0.1, 0.15) is 5.75 Å². The van der Waals surface area contributed by atoms with Gasteiger partial charge in [-0.05, 0) is 55.8 Å². The zero-order valence-electron chi connectivity index (χ0n) is 11.4. The van der Waals surface area contributed by atoms with Crippen LogP contribution in [0.25, 0.3) is 0 Å². The third-order valence-corrected chi connectivity index (χ3v) is 3.71. The Balaban J connectivity index is 2.08. The maximum atomic E-state index is 12.1. The summed E-state index contributed by atoms with van der Waals surface area (Å²) in [5, 5.41) is 2.86. The smallest absolute Gasteiger partial charge is 0.255 e. The maximum Gasteiger partial charge on any atom is 0.255 e. The molecule has 0 atom stereocenters. The average Bonchev–Trinajstić information content (AvgIpc) is 2.44. The Morgan fingerprint density at radius 3 is 2.50 bits per heavy atom. The van der Waals surface area contributed by atoms with Gasteiger partial charge in [0, 0.05) is 15.7 Å². The van der Waals surface area contributed by atoms with E-state index in [4.69, 9.17) is 4.74 Å². The van der Waals surface area contributed by atoms with Crippen LogP contribution < -0.4 is 10.1 Å². The van der Waals surface area contributed by atoms with Crippen LogP contribution in [0.1, 0.15) is 22.8 Å². The summed E-state index contributed by atoms with van der Waals surface area (Å²) in [5.41, 5.74) is 2.47. The van der Waals surface area contributed by atoms with Gasteiger partial charge >= 0.3 is 0 Å². The molecule has 4 heteroatoms. The van der Waals surface area contributed by atoms with Gasteiger partial charge in [0.2, 0.25) is 0 Å². The first-order valence-electron chi connectivity index (χ1n) is 6.40. The van der Waals surface area contributed by atoms with Gasteiger partial charge in [-0.3, -0.25) is 4.79 Å². The fourth-order valence-electron chi connectivity index (χ4n) is 1.74. The first-order chi connectivity index (χ1) is 9.60. The molecule has 0 aliphatic carbocycles. The highest BCUT2D eigenvalue weighted by Crippen LogP contribution is 2.20. The van der Waals surface area contributed by atoms with Crippen molar-refractivity contribution in [2.24, 2.45) is 0 Å². The van der Waals surface area contributed by atoms with Crippen molar-refractivity contribution in [3.05, 3.63) is 58.1 Å². The predicted octanol–water partition coefficient (Wildman–Crippen LogP) is 4.41. The minimum absolute atomic E-state index is 0.130. The fraction of sp³-hybridized carbons (Fsp3) is 0.188. The standard InChI is InChI=1S/C16H16BrNO2/c1-3-20-14-8-6-13(7-9-14)18-16(19)12-5-4-11(2)15(17)10-12/h4-10H,3H2,1-2H3,(H,18,19). The van der Waals surface area contributed by atoms with E-state index in [0.717, 1.165) is 21.5 Å². The van der Waals surface area contributed by atoms with Crippen molar-refractivity contribution in [1.29, 1.82) is 0 Å². The van der Waals surface area contributed by atoms with E-state index in [2.05, 4.69) is 21.2 Å². The number of hydrogen-bond donors (Lipinski definition) is 1. The minimum Gasteiger partial charge on any atom is -0.494 e. The molecule has 2 rings (SSSR count). The van der Waals surface area contributed by atoms with E-state index in [0.29, 0.717) is 12.2 Å².